The van der Waals surface area contributed by atoms with Gasteiger partial charge in [0.25, 0.3) is 0 Å². The monoisotopic (exact) mass is 199 g/mol. The fraction of sp³-hybridized carbons (Fsp3) is 0.333. The zero-order chi connectivity index (χ0) is 9.42. The third-order valence-corrected chi connectivity index (χ3v) is 2.53. The molecule has 0 unspecified atom stereocenters. The highest BCUT2D eigenvalue weighted by Crippen LogP contribution is 2.38. The molecular weight excluding hydrogens is 190 g/mol. The van der Waals surface area contributed by atoms with Crippen molar-refractivity contribution in [3.05, 3.63) is 22.2 Å². The quantitative estimate of drug-likeness (QED) is 0.672. The molecule has 4 heteroatoms. The summed E-state index contributed by atoms with van der Waals surface area (Å²) in [6.45, 7) is 0.551. The molecule has 3 N–H and O–H groups in total. The van der Waals surface area contributed by atoms with Crippen molar-refractivity contribution in [2.24, 2.45) is 0 Å². The normalized spacial score (nSPS) is 14.0. The minimum Gasteiger partial charge on any atom is -0.492 e. The number of nitrogens with two attached hydrogens (primary N) is 1. The standard InChI is InChI=1S/C9H10ClNO2/c10-7-3-5(4-12)9-6(8(7)11)1-2-13-9/h3,12H,1-2,4,11H2. The number of anilines is 1. The van der Waals surface area contributed by atoms with E-state index in [-0.39, 0.29) is 6.61 Å². The summed E-state index contributed by atoms with van der Waals surface area (Å²) in [6.07, 6.45) is 0.773. The van der Waals surface area contributed by atoms with E-state index >= 15 is 0 Å². The molecule has 0 aliphatic carbocycles. The highest BCUT2D eigenvalue weighted by molar-refractivity contribution is 6.33. The van der Waals surface area contributed by atoms with E-state index in [1.54, 1.807) is 6.07 Å². The van der Waals surface area contributed by atoms with E-state index in [0.29, 0.717) is 28.6 Å². The van der Waals surface area contributed by atoms with Crippen LogP contribution in [0.25, 0.3) is 0 Å². The molecule has 1 aromatic rings. The number of hydrogen-bond donors (Lipinski definition) is 2. The van der Waals surface area contributed by atoms with Crippen LogP contribution in [0.2, 0.25) is 5.02 Å². The summed E-state index contributed by atoms with van der Waals surface area (Å²) in [5, 5.41) is 9.53. The summed E-state index contributed by atoms with van der Waals surface area (Å²) in [7, 11) is 0. The predicted octanol–water partition coefficient (Wildman–Crippen LogP) is 1.35. The van der Waals surface area contributed by atoms with Crippen molar-refractivity contribution >= 4 is 17.3 Å². The maximum absolute atomic E-state index is 9.04. The van der Waals surface area contributed by atoms with Gasteiger partial charge < -0.3 is 15.6 Å². The Hall–Kier alpha value is -0.930. The van der Waals surface area contributed by atoms with Gasteiger partial charge in [0, 0.05) is 17.5 Å². The van der Waals surface area contributed by atoms with Crippen LogP contribution >= 0.6 is 11.6 Å². The number of aliphatic hydroxyl groups is 1. The lowest BCUT2D eigenvalue weighted by Gasteiger charge is -2.09. The van der Waals surface area contributed by atoms with Gasteiger partial charge in [0.2, 0.25) is 0 Å². The van der Waals surface area contributed by atoms with Gasteiger partial charge in [0.05, 0.1) is 23.9 Å². The summed E-state index contributed by atoms with van der Waals surface area (Å²) in [6, 6.07) is 1.65. The first-order valence-corrected chi connectivity index (χ1v) is 4.45. The Morgan fingerprint density at radius 3 is 3.08 bits per heavy atom. The Morgan fingerprint density at radius 1 is 1.62 bits per heavy atom. The minimum atomic E-state index is -0.0671. The van der Waals surface area contributed by atoms with Crippen LogP contribution < -0.4 is 10.5 Å². The van der Waals surface area contributed by atoms with Crippen LogP contribution in [0.4, 0.5) is 5.69 Å². The fourth-order valence-electron chi connectivity index (χ4n) is 1.56. The Balaban J connectivity index is 2.64. The highest BCUT2D eigenvalue weighted by Gasteiger charge is 2.20. The summed E-state index contributed by atoms with van der Waals surface area (Å²) in [5.41, 5.74) is 7.98. The first-order chi connectivity index (χ1) is 6.24. The third kappa shape index (κ3) is 1.24. The van der Waals surface area contributed by atoms with E-state index in [1.165, 1.54) is 0 Å². The van der Waals surface area contributed by atoms with Crippen LogP contribution in [0.15, 0.2) is 6.07 Å². The second kappa shape index (κ2) is 3.09. The molecule has 0 radical (unpaired) electrons. The Morgan fingerprint density at radius 2 is 2.38 bits per heavy atom. The fourth-order valence-corrected chi connectivity index (χ4v) is 1.80. The van der Waals surface area contributed by atoms with Gasteiger partial charge in [-0.3, -0.25) is 0 Å². The van der Waals surface area contributed by atoms with Crippen LogP contribution in [0.3, 0.4) is 0 Å². The molecule has 1 aliphatic rings. The summed E-state index contributed by atoms with van der Waals surface area (Å²) < 4.78 is 5.36. The number of ether oxygens (including phenoxy) is 1. The van der Waals surface area contributed by atoms with Crippen LogP contribution in [0.1, 0.15) is 11.1 Å². The number of hydrogen-bond acceptors (Lipinski definition) is 3. The zero-order valence-corrected chi connectivity index (χ0v) is 7.77. The largest absolute Gasteiger partial charge is 0.492 e. The number of nitrogen functional groups attached to an aromatic ring is 1. The van der Waals surface area contributed by atoms with Gasteiger partial charge in [0.1, 0.15) is 5.75 Å². The molecule has 0 atom stereocenters. The Kier molecular flexibility index (Phi) is 2.06. The van der Waals surface area contributed by atoms with Gasteiger partial charge in [-0.25, -0.2) is 0 Å². The van der Waals surface area contributed by atoms with Gasteiger partial charge in [-0.2, -0.15) is 0 Å². The third-order valence-electron chi connectivity index (χ3n) is 2.22. The number of fused-ring (bicyclic) bond motifs is 1. The molecule has 0 bridgehead atoms. The number of benzene rings is 1. The average molecular weight is 200 g/mol. The van der Waals surface area contributed by atoms with E-state index in [4.69, 9.17) is 27.2 Å². The van der Waals surface area contributed by atoms with Crippen molar-refractivity contribution in [1.29, 1.82) is 0 Å². The van der Waals surface area contributed by atoms with Gasteiger partial charge in [-0.1, -0.05) is 11.6 Å². The first kappa shape index (κ1) is 8.66. The van der Waals surface area contributed by atoms with Gasteiger partial charge in [-0.15, -0.1) is 0 Å². The molecule has 0 spiro atoms. The van der Waals surface area contributed by atoms with E-state index in [9.17, 15) is 0 Å². The lowest BCUT2D eigenvalue weighted by Crippen LogP contribution is -1.96. The molecule has 1 aliphatic heterocycles. The van der Waals surface area contributed by atoms with E-state index in [2.05, 4.69) is 0 Å². The van der Waals surface area contributed by atoms with E-state index in [1.807, 2.05) is 0 Å². The molecule has 0 saturated heterocycles. The second-order valence-electron chi connectivity index (χ2n) is 3.00. The summed E-state index contributed by atoms with van der Waals surface area (Å²) in [4.78, 5) is 0. The van der Waals surface area contributed by atoms with Gasteiger partial charge >= 0.3 is 0 Å². The maximum Gasteiger partial charge on any atom is 0.130 e. The number of aliphatic hydroxyl groups excluding tert-OH is 1. The van der Waals surface area contributed by atoms with Crippen molar-refractivity contribution in [2.75, 3.05) is 12.3 Å². The second-order valence-corrected chi connectivity index (χ2v) is 3.40. The number of rotatable bonds is 1. The van der Waals surface area contributed by atoms with Crippen LogP contribution in [0.5, 0.6) is 5.75 Å². The molecule has 70 valence electrons. The number of halogens is 1. The van der Waals surface area contributed by atoms with Crippen molar-refractivity contribution in [1.82, 2.24) is 0 Å². The lowest BCUT2D eigenvalue weighted by atomic mass is 10.1. The highest BCUT2D eigenvalue weighted by atomic mass is 35.5. The molecule has 0 saturated carbocycles. The first-order valence-electron chi connectivity index (χ1n) is 4.07. The van der Waals surface area contributed by atoms with Crippen molar-refractivity contribution < 1.29 is 9.84 Å². The maximum atomic E-state index is 9.04. The molecule has 3 nitrogen and oxygen atoms in total. The Bertz CT molecular complexity index is 352. The van der Waals surface area contributed by atoms with Crippen molar-refractivity contribution in [3.63, 3.8) is 0 Å². The van der Waals surface area contributed by atoms with Gasteiger partial charge in [-0.05, 0) is 6.07 Å². The van der Waals surface area contributed by atoms with Crippen molar-refractivity contribution in [2.45, 2.75) is 13.0 Å². The summed E-state index contributed by atoms with van der Waals surface area (Å²) in [5.74, 6) is 0.712. The molecule has 0 amide bonds. The average Bonchev–Trinajstić information content (AvgIpc) is 2.60. The van der Waals surface area contributed by atoms with Crippen LogP contribution in [-0.2, 0) is 13.0 Å². The van der Waals surface area contributed by atoms with Crippen molar-refractivity contribution in [3.8, 4) is 5.75 Å². The van der Waals surface area contributed by atoms with Gasteiger partial charge in [0.15, 0.2) is 0 Å². The molecule has 0 fully saturated rings. The SMILES string of the molecule is Nc1c(Cl)cc(CO)c2c1CCO2. The molecule has 0 aromatic heterocycles. The van der Waals surface area contributed by atoms with E-state index < -0.39 is 0 Å². The topological polar surface area (TPSA) is 55.5 Å². The molecule has 1 aromatic carbocycles. The van der Waals surface area contributed by atoms with E-state index in [0.717, 1.165) is 12.0 Å². The summed E-state index contributed by atoms with van der Waals surface area (Å²) >= 11 is 5.88. The van der Waals surface area contributed by atoms with Crippen LogP contribution in [-0.4, -0.2) is 11.7 Å². The molecular formula is C9H10ClNO2. The zero-order valence-electron chi connectivity index (χ0n) is 7.01. The molecule has 2 rings (SSSR count). The Labute approximate surface area is 81.1 Å². The molecule has 13 heavy (non-hydrogen) atoms. The smallest absolute Gasteiger partial charge is 0.130 e. The lowest BCUT2D eigenvalue weighted by molar-refractivity contribution is 0.271. The predicted molar refractivity (Wildman–Crippen MR) is 51.0 cm³/mol. The minimum absolute atomic E-state index is 0.0671. The molecule has 1 heterocycles. The van der Waals surface area contributed by atoms with Crippen LogP contribution in [0, 0.1) is 0 Å².